The van der Waals surface area contributed by atoms with Crippen molar-refractivity contribution in [1.82, 2.24) is 5.32 Å². The summed E-state index contributed by atoms with van der Waals surface area (Å²) in [5, 5.41) is 12.9. The van der Waals surface area contributed by atoms with Crippen molar-refractivity contribution in [3.05, 3.63) is 35.4 Å². The van der Waals surface area contributed by atoms with Gasteiger partial charge in [-0.15, -0.1) is 0 Å². The van der Waals surface area contributed by atoms with Gasteiger partial charge in [-0.3, -0.25) is 4.79 Å². The lowest BCUT2D eigenvalue weighted by Gasteiger charge is -2.23. The van der Waals surface area contributed by atoms with Gasteiger partial charge in [0.05, 0.1) is 12.2 Å². The van der Waals surface area contributed by atoms with E-state index in [2.05, 4.69) is 5.32 Å². The second-order valence-electron chi connectivity index (χ2n) is 6.25. The number of carbonyl (C=O) groups excluding carboxylic acids is 1. The van der Waals surface area contributed by atoms with Crippen LogP contribution in [0.3, 0.4) is 0 Å². The zero-order chi connectivity index (χ0) is 17.8. The number of benzene rings is 1. The lowest BCUT2D eigenvalue weighted by atomic mass is 9.94. The molecule has 1 saturated heterocycles. The average Bonchev–Trinajstić information content (AvgIpc) is 2.97. The van der Waals surface area contributed by atoms with E-state index in [1.54, 1.807) is 0 Å². The Morgan fingerprint density at radius 2 is 2.04 bits per heavy atom. The van der Waals surface area contributed by atoms with Crippen LogP contribution in [0.1, 0.15) is 30.9 Å². The van der Waals surface area contributed by atoms with Crippen LogP contribution in [0, 0.1) is 5.92 Å². The third-order valence-electron chi connectivity index (χ3n) is 4.30. The Hall–Kier alpha value is -1.60. The van der Waals surface area contributed by atoms with Gasteiger partial charge in [-0.25, -0.2) is 0 Å². The maximum Gasteiger partial charge on any atom is 0.416 e. The summed E-state index contributed by atoms with van der Waals surface area (Å²) in [5.74, 6) is -0.564. The van der Waals surface area contributed by atoms with Crippen molar-refractivity contribution in [2.45, 2.75) is 38.0 Å². The van der Waals surface area contributed by atoms with Crippen LogP contribution in [0.25, 0.3) is 0 Å². The molecule has 1 aliphatic heterocycles. The zero-order valence-electron chi connectivity index (χ0n) is 13.5. The minimum absolute atomic E-state index is 0.120. The van der Waals surface area contributed by atoms with Crippen LogP contribution in [-0.2, 0) is 22.1 Å². The van der Waals surface area contributed by atoms with Gasteiger partial charge >= 0.3 is 6.18 Å². The molecule has 24 heavy (non-hydrogen) atoms. The number of aliphatic hydroxyl groups is 1. The van der Waals surface area contributed by atoms with Crippen molar-refractivity contribution in [3.63, 3.8) is 0 Å². The number of alkyl halides is 3. The van der Waals surface area contributed by atoms with Crippen LogP contribution in [-0.4, -0.2) is 36.4 Å². The van der Waals surface area contributed by atoms with Crippen LogP contribution < -0.4 is 5.32 Å². The maximum atomic E-state index is 12.6. The fraction of sp³-hybridized carbons (Fsp3) is 0.588. The Bertz CT molecular complexity index is 551. The molecule has 1 aromatic rings. The fourth-order valence-electron chi connectivity index (χ4n) is 2.67. The van der Waals surface area contributed by atoms with E-state index in [9.17, 15) is 23.1 Å². The molecule has 1 heterocycles. The molecule has 0 spiro atoms. The Balaban J connectivity index is 1.92. The van der Waals surface area contributed by atoms with Gasteiger partial charge in [0.25, 0.3) is 0 Å². The molecule has 2 N–H and O–H groups in total. The van der Waals surface area contributed by atoms with Crippen molar-refractivity contribution < 1.29 is 27.8 Å². The van der Waals surface area contributed by atoms with Crippen molar-refractivity contribution in [3.8, 4) is 0 Å². The highest BCUT2D eigenvalue weighted by Gasteiger charge is 2.33. The van der Waals surface area contributed by atoms with Gasteiger partial charge in [0.2, 0.25) is 5.91 Å². The molecule has 0 bridgehead atoms. The molecule has 1 fully saturated rings. The highest BCUT2D eigenvalue weighted by Crippen LogP contribution is 2.29. The normalized spacial score (nSPS) is 22.4. The molecule has 2 atom stereocenters. The first-order valence-electron chi connectivity index (χ1n) is 7.97. The van der Waals surface area contributed by atoms with Crippen molar-refractivity contribution in [2.75, 3.05) is 19.8 Å². The molecule has 0 aliphatic carbocycles. The summed E-state index contributed by atoms with van der Waals surface area (Å²) in [5.41, 5.74) is -1.05. The second kappa shape index (κ2) is 7.53. The van der Waals surface area contributed by atoms with Crippen molar-refractivity contribution in [1.29, 1.82) is 0 Å². The molecule has 0 aromatic heterocycles. The molecule has 0 unspecified atom stereocenters. The third-order valence-corrected chi connectivity index (χ3v) is 4.30. The smallest absolute Gasteiger partial charge is 0.386 e. The molecule has 1 amide bonds. The quantitative estimate of drug-likeness (QED) is 0.833. The summed E-state index contributed by atoms with van der Waals surface area (Å²) in [4.78, 5) is 12.3. The molecule has 134 valence electrons. The first-order valence-corrected chi connectivity index (χ1v) is 7.97. The molecular weight excluding hydrogens is 323 g/mol. The largest absolute Gasteiger partial charge is 0.416 e. The molecular formula is C17H22F3NO3. The van der Waals surface area contributed by atoms with E-state index in [4.69, 9.17) is 4.74 Å². The van der Waals surface area contributed by atoms with E-state index in [0.717, 1.165) is 12.1 Å². The Morgan fingerprint density at radius 1 is 1.38 bits per heavy atom. The van der Waals surface area contributed by atoms with Crippen molar-refractivity contribution >= 4 is 5.91 Å². The minimum Gasteiger partial charge on any atom is -0.386 e. The average molecular weight is 345 g/mol. The van der Waals surface area contributed by atoms with E-state index < -0.39 is 17.3 Å². The van der Waals surface area contributed by atoms with Crippen LogP contribution in [0.5, 0.6) is 0 Å². The van der Waals surface area contributed by atoms with E-state index in [0.29, 0.717) is 31.4 Å². The summed E-state index contributed by atoms with van der Waals surface area (Å²) < 4.78 is 42.8. The highest BCUT2D eigenvalue weighted by atomic mass is 19.4. The minimum atomic E-state index is -4.36. The monoisotopic (exact) mass is 345 g/mol. The Labute approximate surface area is 139 Å². The zero-order valence-corrected chi connectivity index (χ0v) is 13.5. The van der Waals surface area contributed by atoms with Crippen LogP contribution in [0.2, 0.25) is 0 Å². The van der Waals surface area contributed by atoms with Gasteiger partial charge in [0.15, 0.2) is 0 Å². The topological polar surface area (TPSA) is 58.6 Å². The standard InChI is InChI=1S/C17H22F3NO3/c1-2-13(15(22)21-10-16(23)7-8-24-11-16)9-12-3-5-14(6-4-12)17(18,19)20/h3-6,13,23H,2,7-11H2,1H3,(H,21,22)/t13-,16+/m1/s1. The molecule has 7 heteroatoms. The van der Waals surface area contributed by atoms with Gasteiger partial charge in [0, 0.05) is 25.5 Å². The Kier molecular flexibility index (Phi) is 5.87. The third kappa shape index (κ3) is 4.95. The molecule has 1 aromatic carbocycles. The number of rotatable bonds is 6. The molecule has 0 radical (unpaired) electrons. The second-order valence-corrected chi connectivity index (χ2v) is 6.25. The van der Waals surface area contributed by atoms with Crippen molar-refractivity contribution in [2.24, 2.45) is 5.92 Å². The van der Waals surface area contributed by atoms with Gasteiger partial charge in [-0.2, -0.15) is 13.2 Å². The predicted molar refractivity (Wildman–Crippen MR) is 82.3 cm³/mol. The number of ether oxygens (including phenoxy) is 1. The number of amides is 1. The van der Waals surface area contributed by atoms with E-state index in [1.807, 2.05) is 6.92 Å². The number of hydrogen-bond donors (Lipinski definition) is 2. The lowest BCUT2D eigenvalue weighted by molar-refractivity contribution is -0.137. The first-order chi connectivity index (χ1) is 11.2. The van der Waals surface area contributed by atoms with Crippen LogP contribution in [0.15, 0.2) is 24.3 Å². The van der Waals surface area contributed by atoms with E-state index in [-0.39, 0.29) is 25.0 Å². The molecule has 4 nitrogen and oxygen atoms in total. The van der Waals surface area contributed by atoms with Gasteiger partial charge in [-0.05, 0) is 30.5 Å². The lowest BCUT2D eigenvalue weighted by Crippen LogP contribution is -2.45. The van der Waals surface area contributed by atoms with E-state index >= 15 is 0 Å². The summed E-state index contributed by atoms with van der Waals surface area (Å²) >= 11 is 0. The predicted octanol–water partition coefficient (Wildman–Crippen LogP) is 2.54. The van der Waals surface area contributed by atoms with E-state index in [1.165, 1.54) is 12.1 Å². The number of nitrogens with one attached hydrogen (secondary N) is 1. The van der Waals surface area contributed by atoms with Gasteiger partial charge < -0.3 is 15.2 Å². The number of hydrogen-bond acceptors (Lipinski definition) is 3. The van der Waals surface area contributed by atoms with Gasteiger partial charge in [0.1, 0.15) is 5.60 Å². The molecule has 1 aliphatic rings. The first kappa shape index (κ1) is 18.7. The Morgan fingerprint density at radius 3 is 2.54 bits per heavy atom. The van der Waals surface area contributed by atoms with Gasteiger partial charge in [-0.1, -0.05) is 19.1 Å². The number of halogens is 3. The van der Waals surface area contributed by atoms with Crippen LogP contribution in [0.4, 0.5) is 13.2 Å². The summed E-state index contributed by atoms with van der Waals surface area (Å²) in [7, 11) is 0. The summed E-state index contributed by atoms with van der Waals surface area (Å²) in [6.45, 7) is 2.63. The maximum absolute atomic E-state index is 12.6. The number of carbonyl (C=O) groups is 1. The fourth-order valence-corrected chi connectivity index (χ4v) is 2.67. The molecule has 0 saturated carbocycles. The van der Waals surface area contributed by atoms with Crippen LogP contribution >= 0.6 is 0 Å². The summed E-state index contributed by atoms with van der Waals surface area (Å²) in [6, 6.07) is 4.85. The molecule has 2 rings (SSSR count). The summed E-state index contributed by atoms with van der Waals surface area (Å²) in [6.07, 6.45) is -2.97. The highest BCUT2D eigenvalue weighted by molar-refractivity contribution is 5.79. The SMILES string of the molecule is CC[C@H](Cc1ccc(C(F)(F)F)cc1)C(=O)NC[C@@]1(O)CCOC1.